The molecule has 2 aliphatic heterocycles. The number of hydrogen-bond acceptors (Lipinski definition) is 5. The molecule has 0 radical (unpaired) electrons. The first-order valence-corrected chi connectivity index (χ1v) is 8.69. The summed E-state index contributed by atoms with van der Waals surface area (Å²) in [5.74, 6) is 1.52. The van der Waals surface area contributed by atoms with Crippen molar-refractivity contribution in [3.63, 3.8) is 0 Å². The summed E-state index contributed by atoms with van der Waals surface area (Å²) >= 11 is 0. The van der Waals surface area contributed by atoms with Crippen LogP contribution < -0.4 is 19.5 Å². The van der Waals surface area contributed by atoms with E-state index in [0.717, 1.165) is 5.56 Å². The predicted molar refractivity (Wildman–Crippen MR) is 96.9 cm³/mol. The lowest BCUT2D eigenvalue weighted by atomic mass is 9.91. The number of methoxy groups -OCH3 is 1. The number of benzene rings is 2. The van der Waals surface area contributed by atoms with Gasteiger partial charge in [-0.25, -0.2) is 4.79 Å². The molecule has 140 valence electrons. The second kappa shape index (κ2) is 6.50. The second-order valence-corrected chi connectivity index (χ2v) is 6.62. The normalized spacial score (nSPS) is 21.2. The molecule has 1 N–H and O–H groups in total. The van der Waals surface area contributed by atoms with Crippen molar-refractivity contribution in [2.24, 2.45) is 0 Å². The predicted octanol–water partition coefficient (Wildman–Crippen LogP) is 2.43. The topological polar surface area (TPSA) is 77.1 Å². The van der Waals surface area contributed by atoms with E-state index in [9.17, 15) is 9.59 Å². The minimum absolute atomic E-state index is 0.134. The maximum absolute atomic E-state index is 13.1. The summed E-state index contributed by atoms with van der Waals surface area (Å²) in [5, 5.41) is 2.81. The Balaban J connectivity index is 1.64. The van der Waals surface area contributed by atoms with Gasteiger partial charge in [0, 0.05) is 5.56 Å². The van der Waals surface area contributed by atoms with Crippen LogP contribution in [0, 0.1) is 0 Å². The molecular formula is C20H20N2O5. The molecule has 2 aliphatic rings. The van der Waals surface area contributed by atoms with Gasteiger partial charge in [0.2, 0.25) is 0 Å². The molecule has 7 heteroatoms. The third-order valence-electron chi connectivity index (χ3n) is 4.92. The van der Waals surface area contributed by atoms with Crippen molar-refractivity contribution in [3.05, 3.63) is 53.6 Å². The molecule has 0 unspecified atom stereocenters. The Hall–Kier alpha value is -3.22. The van der Waals surface area contributed by atoms with Gasteiger partial charge in [-0.1, -0.05) is 24.3 Å². The molecule has 1 saturated heterocycles. The van der Waals surface area contributed by atoms with Crippen LogP contribution >= 0.6 is 0 Å². The zero-order valence-corrected chi connectivity index (χ0v) is 15.2. The Morgan fingerprint density at radius 3 is 2.63 bits per heavy atom. The molecule has 2 heterocycles. The molecule has 27 heavy (non-hydrogen) atoms. The molecular weight excluding hydrogens is 348 g/mol. The number of rotatable bonds is 4. The van der Waals surface area contributed by atoms with Crippen LogP contribution in [-0.2, 0) is 16.9 Å². The third-order valence-corrected chi connectivity index (χ3v) is 4.92. The Labute approximate surface area is 156 Å². The van der Waals surface area contributed by atoms with Crippen LogP contribution in [0.5, 0.6) is 17.2 Å². The molecule has 0 bridgehead atoms. The van der Waals surface area contributed by atoms with Gasteiger partial charge in [0.1, 0.15) is 24.5 Å². The monoisotopic (exact) mass is 368 g/mol. The van der Waals surface area contributed by atoms with E-state index in [0.29, 0.717) is 36.0 Å². The summed E-state index contributed by atoms with van der Waals surface area (Å²) < 4.78 is 16.5. The molecule has 4 rings (SSSR count). The minimum atomic E-state index is -1.17. The smallest absolute Gasteiger partial charge is 0.325 e. The average Bonchev–Trinajstić information content (AvgIpc) is 2.92. The first-order chi connectivity index (χ1) is 13.0. The van der Waals surface area contributed by atoms with Gasteiger partial charge in [-0.05, 0) is 30.7 Å². The lowest BCUT2D eigenvalue weighted by molar-refractivity contribution is -0.131. The first kappa shape index (κ1) is 17.2. The van der Waals surface area contributed by atoms with E-state index >= 15 is 0 Å². The highest BCUT2D eigenvalue weighted by molar-refractivity contribution is 6.07. The summed E-state index contributed by atoms with van der Waals surface area (Å²) in [4.78, 5) is 26.9. The number of imide groups is 1. The highest BCUT2D eigenvalue weighted by Crippen LogP contribution is 2.37. The fraction of sp³-hybridized carbons (Fsp3) is 0.300. The number of carbonyl (C=O) groups excluding carboxylic acids is 2. The Bertz CT molecular complexity index is 913. The number of ether oxygens (including phenoxy) is 3. The summed E-state index contributed by atoms with van der Waals surface area (Å²) in [6.45, 7) is 2.77. The number of fused-ring (bicyclic) bond motifs is 1. The number of urea groups is 1. The van der Waals surface area contributed by atoms with Crippen LogP contribution in [-0.4, -0.2) is 37.2 Å². The number of nitrogens with one attached hydrogen (secondary N) is 1. The summed E-state index contributed by atoms with van der Waals surface area (Å²) in [5.41, 5.74) is 0.233. The molecule has 7 nitrogen and oxygen atoms in total. The molecule has 0 aromatic heterocycles. The van der Waals surface area contributed by atoms with Gasteiger partial charge in [0.15, 0.2) is 11.5 Å². The highest BCUT2D eigenvalue weighted by Gasteiger charge is 2.49. The van der Waals surface area contributed by atoms with E-state index in [1.54, 1.807) is 38.3 Å². The van der Waals surface area contributed by atoms with E-state index in [4.69, 9.17) is 14.2 Å². The van der Waals surface area contributed by atoms with Gasteiger partial charge in [-0.2, -0.15) is 0 Å². The number of para-hydroxylation sites is 1. The minimum Gasteiger partial charge on any atom is -0.496 e. The van der Waals surface area contributed by atoms with Crippen molar-refractivity contribution < 1.29 is 23.8 Å². The van der Waals surface area contributed by atoms with Crippen LogP contribution in [0.1, 0.15) is 18.1 Å². The lowest BCUT2D eigenvalue weighted by Crippen LogP contribution is -2.41. The van der Waals surface area contributed by atoms with Crippen molar-refractivity contribution in [1.82, 2.24) is 10.2 Å². The van der Waals surface area contributed by atoms with E-state index in [1.807, 2.05) is 18.2 Å². The van der Waals surface area contributed by atoms with E-state index < -0.39 is 11.6 Å². The van der Waals surface area contributed by atoms with Gasteiger partial charge in [-0.15, -0.1) is 0 Å². The van der Waals surface area contributed by atoms with Gasteiger partial charge in [0.25, 0.3) is 5.91 Å². The fourth-order valence-corrected chi connectivity index (χ4v) is 3.39. The zero-order valence-electron chi connectivity index (χ0n) is 15.2. The van der Waals surface area contributed by atoms with Gasteiger partial charge in [0.05, 0.1) is 13.7 Å². The maximum Gasteiger partial charge on any atom is 0.325 e. The summed E-state index contributed by atoms with van der Waals surface area (Å²) in [6, 6.07) is 12.2. The average molecular weight is 368 g/mol. The highest BCUT2D eigenvalue weighted by atomic mass is 16.6. The lowest BCUT2D eigenvalue weighted by Gasteiger charge is -2.25. The number of nitrogens with zero attached hydrogens (tertiary/aromatic N) is 1. The van der Waals surface area contributed by atoms with E-state index in [1.165, 1.54) is 4.90 Å². The van der Waals surface area contributed by atoms with Crippen LogP contribution in [0.15, 0.2) is 42.5 Å². The SMILES string of the molecule is COc1ccccc1CN1C(=O)N[C@](C)(c2ccc3c(c2)OCCO3)C1=O. The van der Waals surface area contributed by atoms with Crippen LogP contribution in [0.25, 0.3) is 0 Å². The van der Waals surface area contributed by atoms with Crippen molar-refractivity contribution in [2.45, 2.75) is 19.0 Å². The molecule has 3 amide bonds. The van der Waals surface area contributed by atoms with Crippen LogP contribution in [0.4, 0.5) is 4.79 Å². The largest absolute Gasteiger partial charge is 0.496 e. The Kier molecular flexibility index (Phi) is 4.14. The first-order valence-electron chi connectivity index (χ1n) is 8.69. The van der Waals surface area contributed by atoms with Crippen LogP contribution in [0.2, 0.25) is 0 Å². The summed E-state index contributed by atoms with van der Waals surface area (Å²) in [6.07, 6.45) is 0. The van der Waals surface area contributed by atoms with Crippen molar-refractivity contribution in [3.8, 4) is 17.2 Å². The van der Waals surface area contributed by atoms with Crippen LogP contribution in [0.3, 0.4) is 0 Å². The third kappa shape index (κ3) is 2.85. The zero-order chi connectivity index (χ0) is 19.0. The second-order valence-electron chi connectivity index (χ2n) is 6.62. The van der Waals surface area contributed by atoms with E-state index in [-0.39, 0.29) is 12.5 Å². The maximum atomic E-state index is 13.1. The molecule has 1 atom stereocenters. The van der Waals surface area contributed by atoms with Gasteiger partial charge < -0.3 is 19.5 Å². The Morgan fingerprint density at radius 2 is 1.85 bits per heavy atom. The molecule has 2 aromatic carbocycles. The standard InChI is InChI=1S/C20H20N2O5/c1-20(14-7-8-16-17(11-14)27-10-9-26-16)18(23)22(19(24)21-20)12-13-5-3-4-6-15(13)25-2/h3-8,11H,9-10,12H2,1-2H3,(H,21,24)/t20-/m1/s1. The molecule has 0 spiro atoms. The quantitative estimate of drug-likeness (QED) is 0.839. The van der Waals surface area contributed by atoms with Crippen molar-refractivity contribution >= 4 is 11.9 Å². The number of carbonyl (C=O) groups is 2. The summed E-state index contributed by atoms with van der Waals surface area (Å²) in [7, 11) is 1.56. The number of amides is 3. The molecule has 1 fully saturated rings. The van der Waals surface area contributed by atoms with Gasteiger partial charge in [-0.3, -0.25) is 9.69 Å². The van der Waals surface area contributed by atoms with Crippen molar-refractivity contribution in [2.75, 3.05) is 20.3 Å². The molecule has 0 aliphatic carbocycles. The van der Waals surface area contributed by atoms with Crippen molar-refractivity contribution in [1.29, 1.82) is 0 Å². The molecule has 0 saturated carbocycles. The number of hydrogen-bond donors (Lipinski definition) is 1. The van der Waals surface area contributed by atoms with E-state index in [2.05, 4.69) is 5.32 Å². The molecule has 2 aromatic rings. The fourth-order valence-electron chi connectivity index (χ4n) is 3.39. The van der Waals surface area contributed by atoms with Gasteiger partial charge >= 0.3 is 6.03 Å². The Morgan fingerprint density at radius 1 is 1.11 bits per heavy atom.